The molecule has 90 valence electrons. The Kier molecular flexibility index (Phi) is 3.20. The van der Waals surface area contributed by atoms with Gasteiger partial charge in [0.1, 0.15) is 5.56 Å². The molecule has 0 aliphatic carbocycles. The minimum Gasteiger partial charge on any atom is -0.481 e. The number of anilines is 1. The summed E-state index contributed by atoms with van der Waals surface area (Å²) in [5.74, 6) is -0.611. The van der Waals surface area contributed by atoms with Crippen molar-refractivity contribution >= 4 is 5.69 Å². The Balaban J connectivity index is 3.44. The molecule has 3 nitrogen and oxygen atoms in total. The van der Waals surface area contributed by atoms with Crippen molar-refractivity contribution < 1.29 is 26.7 Å². The van der Waals surface area contributed by atoms with Crippen LogP contribution >= 0.6 is 0 Å². The van der Waals surface area contributed by atoms with Gasteiger partial charge in [-0.1, -0.05) is 0 Å². The van der Waals surface area contributed by atoms with Crippen LogP contribution in [0.5, 0.6) is 5.88 Å². The van der Waals surface area contributed by atoms with Gasteiger partial charge in [0.2, 0.25) is 5.88 Å². The monoisotopic (exact) mass is 242 g/mol. The molecule has 0 saturated carbocycles. The lowest BCUT2D eigenvalue weighted by atomic mass is 10.1. The van der Waals surface area contributed by atoms with Gasteiger partial charge in [0.15, 0.2) is 0 Å². The van der Waals surface area contributed by atoms with Crippen LogP contribution in [0.4, 0.5) is 27.6 Å². The summed E-state index contributed by atoms with van der Waals surface area (Å²) in [4.78, 5) is 3.14. The summed E-state index contributed by atoms with van der Waals surface area (Å²) in [5, 5.41) is 0. The lowest BCUT2D eigenvalue weighted by Gasteiger charge is -2.14. The Morgan fingerprint density at radius 1 is 1.38 bits per heavy atom. The van der Waals surface area contributed by atoms with E-state index in [2.05, 4.69) is 9.72 Å². The van der Waals surface area contributed by atoms with Crippen molar-refractivity contribution in [2.75, 3.05) is 12.8 Å². The van der Waals surface area contributed by atoms with Crippen LogP contribution in [0.3, 0.4) is 0 Å². The van der Waals surface area contributed by atoms with E-state index in [1.165, 1.54) is 0 Å². The minimum atomic E-state index is -4.83. The highest BCUT2D eigenvalue weighted by Gasteiger charge is 2.36. The molecule has 0 amide bonds. The molecule has 0 fully saturated rings. The van der Waals surface area contributed by atoms with Crippen molar-refractivity contribution in [2.24, 2.45) is 0 Å². The number of methoxy groups -OCH3 is 1. The van der Waals surface area contributed by atoms with E-state index >= 15 is 0 Å². The molecule has 0 spiro atoms. The Bertz CT molecular complexity index is 391. The van der Waals surface area contributed by atoms with E-state index in [-0.39, 0.29) is 0 Å². The van der Waals surface area contributed by atoms with Gasteiger partial charge in [-0.15, -0.1) is 0 Å². The molecule has 8 heteroatoms. The van der Waals surface area contributed by atoms with E-state index in [1.807, 2.05) is 0 Å². The molecule has 0 unspecified atom stereocenters. The topological polar surface area (TPSA) is 48.1 Å². The summed E-state index contributed by atoms with van der Waals surface area (Å²) < 4.78 is 66.3. The van der Waals surface area contributed by atoms with E-state index in [1.54, 1.807) is 0 Å². The highest BCUT2D eigenvalue weighted by atomic mass is 19.4. The first-order chi connectivity index (χ1) is 7.29. The predicted molar refractivity (Wildman–Crippen MR) is 45.2 cm³/mol. The number of hydrogen-bond acceptors (Lipinski definition) is 3. The number of ether oxygens (including phenoxy) is 1. The van der Waals surface area contributed by atoms with Gasteiger partial charge in [0, 0.05) is 6.20 Å². The van der Waals surface area contributed by atoms with E-state index in [0.717, 1.165) is 7.11 Å². The lowest BCUT2D eigenvalue weighted by Crippen LogP contribution is -2.13. The SMILES string of the molecule is COc1ncc(C(F)(F)F)c(N)c1C(F)F. The second kappa shape index (κ2) is 4.11. The number of nitrogens with two attached hydrogens (primary N) is 1. The molecular weight excluding hydrogens is 235 g/mol. The van der Waals surface area contributed by atoms with Gasteiger partial charge in [-0.2, -0.15) is 13.2 Å². The summed E-state index contributed by atoms with van der Waals surface area (Å²) in [6.45, 7) is 0. The average Bonchev–Trinajstić information content (AvgIpc) is 2.14. The van der Waals surface area contributed by atoms with Crippen molar-refractivity contribution in [1.29, 1.82) is 0 Å². The maximum absolute atomic E-state index is 12.5. The van der Waals surface area contributed by atoms with Crippen molar-refractivity contribution in [3.8, 4) is 5.88 Å². The highest BCUT2D eigenvalue weighted by Crippen LogP contribution is 2.40. The molecule has 2 N–H and O–H groups in total. The molecule has 0 aliphatic heterocycles. The summed E-state index contributed by atoms with van der Waals surface area (Å²) in [5.41, 5.74) is 1.52. The molecule has 1 aromatic rings. The van der Waals surface area contributed by atoms with Gasteiger partial charge in [0.05, 0.1) is 18.4 Å². The molecule has 16 heavy (non-hydrogen) atoms. The molecular formula is C8H7F5N2O. The van der Waals surface area contributed by atoms with Gasteiger partial charge >= 0.3 is 6.18 Å². The van der Waals surface area contributed by atoms with Crippen LogP contribution in [0, 0.1) is 0 Å². The van der Waals surface area contributed by atoms with Gasteiger partial charge in [-0.3, -0.25) is 0 Å². The predicted octanol–water partition coefficient (Wildman–Crippen LogP) is 2.63. The highest BCUT2D eigenvalue weighted by molar-refractivity contribution is 5.58. The number of nitrogens with zero attached hydrogens (tertiary/aromatic N) is 1. The van der Waals surface area contributed by atoms with Crippen LogP contribution in [0.25, 0.3) is 0 Å². The third kappa shape index (κ3) is 2.15. The van der Waals surface area contributed by atoms with Gasteiger partial charge in [-0.25, -0.2) is 13.8 Å². The molecule has 1 rings (SSSR count). The average molecular weight is 242 g/mol. The summed E-state index contributed by atoms with van der Waals surface area (Å²) >= 11 is 0. The quantitative estimate of drug-likeness (QED) is 0.811. The largest absolute Gasteiger partial charge is 0.481 e. The van der Waals surface area contributed by atoms with E-state index in [0.29, 0.717) is 6.20 Å². The molecule has 0 aromatic carbocycles. The van der Waals surface area contributed by atoms with Crippen LogP contribution in [-0.4, -0.2) is 12.1 Å². The molecule has 0 aliphatic rings. The molecule has 0 saturated heterocycles. The molecule has 1 heterocycles. The zero-order chi connectivity index (χ0) is 12.5. The fourth-order valence-electron chi connectivity index (χ4n) is 1.12. The number of aromatic nitrogens is 1. The van der Waals surface area contributed by atoms with Crippen LogP contribution in [0.15, 0.2) is 6.20 Å². The maximum atomic E-state index is 12.5. The lowest BCUT2D eigenvalue weighted by molar-refractivity contribution is -0.137. The van der Waals surface area contributed by atoms with Crippen LogP contribution in [0.2, 0.25) is 0 Å². The number of halogens is 5. The smallest absolute Gasteiger partial charge is 0.419 e. The maximum Gasteiger partial charge on any atom is 0.419 e. The zero-order valence-electron chi connectivity index (χ0n) is 7.98. The summed E-state index contributed by atoms with van der Waals surface area (Å²) in [6.07, 6.45) is -7.66. The Labute approximate surface area is 87.0 Å². The first-order valence-corrected chi connectivity index (χ1v) is 3.96. The number of hydrogen-bond donors (Lipinski definition) is 1. The Morgan fingerprint density at radius 3 is 2.31 bits per heavy atom. The van der Waals surface area contributed by atoms with Crippen molar-refractivity contribution in [3.05, 3.63) is 17.3 Å². The second-order valence-electron chi connectivity index (χ2n) is 2.81. The van der Waals surface area contributed by atoms with Gasteiger partial charge in [-0.05, 0) is 0 Å². The fraction of sp³-hybridized carbons (Fsp3) is 0.375. The van der Waals surface area contributed by atoms with E-state index in [4.69, 9.17) is 5.73 Å². The minimum absolute atomic E-state index is 0.361. The third-order valence-corrected chi connectivity index (χ3v) is 1.84. The summed E-state index contributed by atoms with van der Waals surface area (Å²) in [7, 11) is 1.01. The number of nitrogen functional groups attached to an aromatic ring is 1. The molecule has 0 bridgehead atoms. The summed E-state index contributed by atoms with van der Waals surface area (Å²) in [6, 6.07) is 0. The van der Waals surface area contributed by atoms with Crippen molar-refractivity contribution in [2.45, 2.75) is 12.6 Å². The third-order valence-electron chi connectivity index (χ3n) is 1.84. The van der Waals surface area contributed by atoms with Crippen LogP contribution in [0.1, 0.15) is 17.6 Å². The molecule has 0 radical (unpaired) electrons. The van der Waals surface area contributed by atoms with Crippen LogP contribution < -0.4 is 10.5 Å². The van der Waals surface area contributed by atoms with E-state index < -0.39 is 35.3 Å². The van der Waals surface area contributed by atoms with Crippen LogP contribution in [-0.2, 0) is 6.18 Å². The Morgan fingerprint density at radius 2 is 1.94 bits per heavy atom. The fourth-order valence-corrected chi connectivity index (χ4v) is 1.12. The first-order valence-electron chi connectivity index (χ1n) is 3.96. The molecule has 1 aromatic heterocycles. The second-order valence-corrected chi connectivity index (χ2v) is 2.81. The van der Waals surface area contributed by atoms with Gasteiger partial charge < -0.3 is 10.5 Å². The Hall–Kier alpha value is -1.60. The number of rotatable bonds is 2. The zero-order valence-corrected chi connectivity index (χ0v) is 7.98. The normalized spacial score (nSPS) is 11.9. The first kappa shape index (κ1) is 12.5. The van der Waals surface area contributed by atoms with E-state index in [9.17, 15) is 22.0 Å². The number of pyridine rings is 1. The van der Waals surface area contributed by atoms with Crippen molar-refractivity contribution in [3.63, 3.8) is 0 Å². The van der Waals surface area contributed by atoms with Crippen molar-refractivity contribution in [1.82, 2.24) is 4.98 Å². The number of alkyl halides is 5. The standard InChI is InChI=1S/C8H7F5N2O/c1-16-7-4(6(9)10)5(14)3(2-15-7)8(11,12)13/h2,6H,1H3,(H2,14,15). The molecule has 0 atom stereocenters. The van der Waals surface area contributed by atoms with Gasteiger partial charge in [0.25, 0.3) is 6.43 Å².